The first-order chi connectivity index (χ1) is 10.8. The van der Waals surface area contributed by atoms with Gasteiger partial charge in [-0.25, -0.2) is 0 Å². The highest BCUT2D eigenvalue weighted by Crippen LogP contribution is 2.07. The first kappa shape index (κ1) is 20.7. The Morgan fingerprint density at radius 2 is 1.23 bits per heavy atom. The minimum absolute atomic E-state index is 0.126. The number of carboxylic acid groups (broad SMARTS) is 1. The van der Waals surface area contributed by atoms with E-state index in [1.165, 1.54) is 57.8 Å². The number of rotatable bonds is 15. The molecule has 0 spiro atoms. The van der Waals surface area contributed by atoms with Crippen molar-refractivity contribution in [1.82, 2.24) is 0 Å². The summed E-state index contributed by atoms with van der Waals surface area (Å²) in [5.74, 6) is -0.768. The standard InChI is InChI=1S/C20H34O2/c1-2-3-4-5-6-7-8-9-10-11-12-13-14-15-16-17-18-19-20(21)22/h6-7,14-15,17-18H,2-5,8-13,16,19H2,1H3,(H,21,22). The van der Waals surface area contributed by atoms with Gasteiger partial charge in [0.05, 0.1) is 6.42 Å². The van der Waals surface area contributed by atoms with Gasteiger partial charge in [0, 0.05) is 0 Å². The quantitative estimate of drug-likeness (QED) is 0.279. The molecule has 0 atom stereocenters. The third kappa shape index (κ3) is 18.7. The fourth-order valence-electron chi connectivity index (χ4n) is 2.20. The summed E-state index contributed by atoms with van der Waals surface area (Å²) in [5.41, 5.74) is 0. The molecule has 0 rings (SSSR count). The number of hydrogen-bond donors (Lipinski definition) is 1. The van der Waals surface area contributed by atoms with Crippen molar-refractivity contribution in [2.24, 2.45) is 0 Å². The van der Waals surface area contributed by atoms with Crippen LogP contribution in [0.1, 0.15) is 84.0 Å². The van der Waals surface area contributed by atoms with E-state index < -0.39 is 5.97 Å². The van der Waals surface area contributed by atoms with E-state index >= 15 is 0 Å². The van der Waals surface area contributed by atoms with Crippen molar-refractivity contribution in [3.8, 4) is 0 Å². The third-order valence-corrected chi connectivity index (χ3v) is 3.53. The highest BCUT2D eigenvalue weighted by Gasteiger charge is 1.89. The summed E-state index contributed by atoms with van der Waals surface area (Å²) in [6.45, 7) is 2.25. The van der Waals surface area contributed by atoms with Gasteiger partial charge in [0.1, 0.15) is 0 Å². The molecule has 0 heterocycles. The lowest BCUT2D eigenvalue weighted by Gasteiger charge is -1.97. The van der Waals surface area contributed by atoms with E-state index in [0.717, 1.165) is 12.8 Å². The van der Waals surface area contributed by atoms with Crippen LogP contribution in [0.2, 0.25) is 0 Å². The van der Waals surface area contributed by atoms with Gasteiger partial charge < -0.3 is 5.11 Å². The molecule has 0 aromatic rings. The Balaban J connectivity index is 3.22. The van der Waals surface area contributed by atoms with Crippen LogP contribution in [0.4, 0.5) is 0 Å². The summed E-state index contributed by atoms with van der Waals surface area (Å²) >= 11 is 0. The van der Waals surface area contributed by atoms with Gasteiger partial charge in [-0.05, 0) is 44.9 Å². The van der Waals surface area contributed by atoms with E-state index in [1.807, 2.05) is 6.08 Å². The summed E-state index contributed by atoms with van der Waals surface area (Å²) in [4.78, 5) is 10.3. The number of hydrogen-bond acceptors (Lipinski definition) is 1. The second-order valence-electron chi connectivity index (χ2n) is 5.74. The highest BCUT2D eigenvalue weighted by molar-refractivity contribution is 5.68. The average molecular weight is 306 g/mol. The van der Waals surface area contributed by atoms with Gasteiger partial charge in [0.25, 0.3) is 0 Å². The SMILES string of the molecule is CCCCCC=CCCCCCCC=CCC=CCC(=O)O. The van der Waals surface area contributed by atoms with E-state index in [-0.39, 0.29) is 6.42 Å². The van der Waals surface area contributed by atoms with Crippen LogP contribution < -0.4 is 0 Å². The van der Waals surface area contributed by atoms with Gasteiger partial charge in [-0.3, -0.25) is 4.79 Å². The van der Waals surface area contributed by atoms with E-state index in [0.29, 0.717) is 0 Å². The van der Waals surface area contributed by atoms with Crippen molar-refractivity contribution in [2.75, 3.05) is 0 Å². The molecule has 0 aliphatic carbocycles. The molecule has 2 heteroatoms. The van der Waals surface area contributed by atoms with Crippen molar-refractivity contribution >= 4 is 5.97 Å². The summed E-state index contributed by atoms with van der Waals surface area (Å²) in [7, 11) is 0. The summed E-state index contributed by atoms with van der Waals surface area (Å²) in [6.07, 6.45) is 26.4. The molecule has 0 aliphatic rings. The second-order valence-corrected chi connectivity index (χ2v) is 5.74. The number of carboxylic acids is 1. The largest absolute Gasteiger partial charge is 0.481 e. The molecule has 0 fully saturated rings. The van der Waals surface area contributed by atoms with E-state index in [9.17, 15) is 4.79 Å². The van der Waals surface area contributed by atoms with Crippen LogP contribution in [0.5, 0.6) is 0 Å². The van der Waals surface area contributed by atoms with Crippen LogP contribution in [0.25, 0.3) is 0 Å². The third-order valence-electron chi connectivity index (χ3n) is 3.53. The lowest BCUT2D eigenvalue weighted by Crippen LogP contribution is -1.89. The first-order valence-electron chi connectivity index (χ1n) is 8.94. The average Bonchev–Trinajstić information content (AvgIpc) is 2.50. The highest BCUT2D eigenvalue weighted by atomic mass is 16.4. The molecule has 0 aliphatic heterocycles. The normalized spacial score (nSPS) is 12.0. The van der Waals surface area contributed by atoms with Crippen LogP contribution in [-0.4, -0.2) is 11.1 Å². The van der Waals surface area contributed by atoms with Gasteiger partial charge in [-0.15, -0.1) is 0 Å². The Kier molecular flexibility index (Phi) is 16.7. The van der Waals surface area contributed by atoms with Crippen molar-refractivity contribution in [3.63, 3.8) is 0 Å². The maximum atomic E-state index is 10.3. The van der Waals surface area contributed by atoms with E-state index in [2.05, 4.69) is 31.2 Å². The minimum Gasteiger partial charge on any atom is -0.481 e. The van der Waals surface area contributed by atoms with Crippen LogP contribution >= 0.6 is 0 Å². The Labute approximate surface area is 137 Å². The molecular weight excluding hydrogens is 272 g/mol. The molecular formula is C20H34O2. The fourth-order valence-corrected chi connectivity index (χ4v) is 2.20. The molecule has 22 heavy (non-hydrogen) atoms. The topological polar surface area (TPSA) is 37.3 Å². The van der Waals surface area contributed by atoms with Gasteiger partial charge >= 0.3 is 5.97 Å². The number of carbonyl (C=O) groups is 1. The van der Waals surface area contributed by atoms with Crippen LogP contribution in [-0.2, 0) is 4.79 Å². The van der Waals surface area contributed by atoms with Crippen molar-refractivity contribution in [3.05, 3.63) is 36.5 Å². The van der Waals surface area contributed by atoms with Gasteiger partial charge in [-0.1, -0.05) is 69.1 Å². The molecule has 0 unspecified atom stereocenters. The molecule has 126 valence electrons. The molecule has 0 aromatic carbocycles. The maximum absolute atomic E-state index is 10.3. The van der Waals surface area contributed by atoms with Gasteiger partial charge in [-0.2, -0.15) is 0 Å². The van der Waals surface area contributed by atoms with Crippen molar-refractivity contribution < 1.29 is 9.90 Å². The molecule has 0 aromatic heterocycles. The van der Waals surface area contributed by atoms with Crippen molar-refractivity contribution in [1.29, 1.82) is 0 Å². The second kappa shape index (κ2) is 17.7. The Morgan fingerprint density at radius 3 is 1.77 bits per heavy atom. The van der Waals surface area contributed by atoms with E-state index in [4.69, 9.17) is 5.11 Å². The molecule has 0 radical (unpaired) electrons. The van der Waals surface area contributed by atoms with Gasteiger partial charge in [0.15, 0.2) is 0 Å². The van der Waals surface area contributed by atoms with Crippen LogP contribution in [0.15, 0.2) is 36.5 Å². The predicted molar refractivity (Wildman–Crippen MR) is 96.1 cm³/mol. The van der Waals surface area contributed by atoms with Crippen molar-refractivity contribution in [2.45, 2.75) is 84.0 Å². The predicted octanol–water partition coefficient (Wildman–Crippen LogP) is 6.44. The lowest BCUT2D eigenvalue weighted by atomic mass is 10.1. The lowest BCUT2D eigenvalue weighted by molar-refractivity contribution is -0.136. The zero-order valence-electron chi connectivity index (χ0n) is 14.3. The summed E-state index contributed by atoms with van der Waals surface area (Å²) in [6, 6.07) is 0. The molecule has 2 nitrogen and oxygen atoms in total. The number of allylic oxidation sites excluding steroid dienone is 5. The molecule has 0 amide bonds. The van der Waals surface area contributed by atoms with Gasteiger partial charge in [0.2, 0.25) is 0 Å². The fraction of sp³-hybridized carbons (Fsp3) is 0.650. The Bertz CT molecular complexity index is 327. The maximum Gasteiger partial charge on any atom is 0.307 e. The Hall–Kier alpha value is -1.31. The van der Waals surface area contributed by atoms with E-state index in [1.54, 1.807) is 6.08 Å². The molecule has 0 bridgehead atoms. The van der Waals surface area contributed by atoms with Crippen LogP contribution in [0, 0.1) is 0 Å². The zero-order valence-corrected chi connectivity index (χ0v) is 14.3. The minimum atomic E-state index is -0.768. The molecule has 0 saturated heterocycles. The number of unbranched alkanes of at least 4 members (excludes halogenated alkanes) is 8. The summed E-state index contributed by atoms with van der Waals surface area (Å²) in [5, 5.41) is 8.47. The Morgan fingerprint density at radius 1 is 0.727 bits per heavy atom. The zero-order chi connectivity index (χ0) is 16.3. The molecule has 1 N–H and O–H groups in total. The number of aliphatic carboxylic acids is 1. The monoisotopic (exact) mass is 306 g/mol. The first-order valence-corrected chi connectivity index (χ1v) is 8.94. The molecule has 0 saturated carbocycles. The van der Waals surface area contributed by atoms with Crippen LogP contribution in [0.3, 0.4) is 0 Å². The summed E-state index contributed by atoms with van der Waals surface area (Å²) < 4.78 is 0. The smallest absolute Gasteiger partial charge is 0.307 e.